The molecule has 0 aliphatic carbocycles. The number of carboxylic acids is 1. The standard InChI is InChI=1S/C16H10Cl2N2O4S/c17-8-1-3-10(15(22)23)11(5-8)19-14(21)7-25-16-20-12-6-9(18)2-4-13(12)24-16/h1-6H,7H2,(H,19,21)(H,22,23)/p-1. The number of carbonyl (C=O) groups is 2. The number of fused-ring (bicyclic) bond motifs is 1. The van der Waals surface area contributed by atoms with E-state index in [0.29, 0.717) is 26.4 Å². The molecule has 0 radical (unpaired) electrons. The quantitative estimate of drug-likeness (QED) is 0.666. The summed E-state index contributed by atoms with van der Waals surface area (Å²) in [6.45, 7) is 0. The molecule has 0 aliphatic rings. The van der Waals surface area contributed by atoms with Gasteiger partial charge in [-0.25, -0.2) is 4.98 Å². The van der Waals surface area contributed by atoms with Crippen LogP contribution >= 0.6 is 35.0 Å². The molecule has 0 atom stereocenters. The third-order valence-corrected chi connectivity index (χ3v) is 4.43. The van der Waals surface area contributed by atoms with E-state index in [1.165, 1.54) is 18.2 Å². The number of oxazole rings is 1. The molecule has 3 aromatic rings. The Labute approximate surface area is 156 Å². The maximum absolute atomic E-state index is 12.1. The van der Waals surface area contributed by atoms with Crippen molar-refractivity contribution in [1.82, 2.24) is 4.98 Å². The average Bonchev–Trinajstić information content (AvgIpc) is 2.94. The van der Waals surface area contributed by atoms with Crippen molar-refractivity contribution < 1.29 is 19.1 Å². The molecule has 0 unspecified atom stereocenters. The van der Waals surface area contributed by atoms with Gasteiger partial charge in [0, 0.05) is 15.6 Å². The van der Waals surface area contributed by atoms with Gasteiger partial charge in [0.05, 0.1) is 17.4 Å². The van der Waals surface area contributed by atoms with Crippen molar-refractivity contribution in [1.29, 1.82) is 0 Å². The molecule has 0 saturated heterocycles. The Morgan fingerprint density at radius 3 is 2.64 bits per heavy atom. The summed E-state index contributed by atoms with van der Waals surface area (Å²) in [4.78, 5) is 27.4. The Kier molecular flexibility index (Phi) is 5.17. The predicted octanol–water partition coefficient (Wildman–Crippen LogP) is 3.23. The fourth-order valence-electron chi connectivity index (χ4n) is 2.05. The highest BCUT2D eigenvalue weighted by atomic mass is 35.5. The van der Waals surface area contributed by atoms with E-state index in [-0.39, 0.29) is 17.0 Å². The number of thioether (sulfide) groups is 1. The van der Waals surface area contributed by atoms with Crippen molar-refractivity contribution >= 4 is 63.6 Å². The highest BCUT2D eigenvalue weighted by Crippen LogP contribution is 2.26. The molecule has 0 fully saturated rings. The molecule has 25 heavy (non-hydrogen) atoms. The lowest BCUT2D eigenvalue weighted by Crippen LogP contribution is -2.25. The van der Waals surface area contributed by atoms with E-state index >= 15 is 0 Å². The maximum Gasteiger partial charge on any atom is 0.257 e. The third-order valence-electron chi connectivity index (χ3n) is 3.13. The van der Waals surface area contributed by atoms with Gasteiger partial charge < -0.3 is 19.6 Å². The number of rotatable bonds is 5. The molecule has 3 rings (SSSR count). The normalized spacial score (nSPS) is 10.8. The molecular weight excluding hydrogens is 387 g/mol. The Hall–Kier alpha value is -2.22. The average molecular weight is 396 g/mol. The first-order valence-electron chi connectivity index (χ1n) is 6.92. The van der Waals surface area contributed by atoms with Crippen LogP contribution in [0.5, 0.6) is 0 Å². The molecule has 0 aliphatic heterocycles. The molecule has 1 aromatic heterocycles. The number of benzene rings is 2. The van der Waals surface area contributed by atoms with Crippen molar-refractivity contribution in [3.05, 3.63) is 52.0 Å². The number of amides is 1. The lowest BCUT2D eigenvalue weighted by molar-refractivity contribution is -0.254. The van der Waals surface area contributed by atoms with Gasteiger partial charge in [0.15, 0.2) is 5.58 Å². The number of aromatic carboxylic acids is 1. The second kappa shape index (κ2) is 7.35. The van der Waals surface area contributed by atoms with Gasteiger partial charge in [0.2, 0.25) is 5.91 Å². The molecule has 0 saturated carbocycles. The number of aromatic nitrogens is 1. The van der Waals surface area contributed by atoms with Crippen LogP contribution in [0.4, 0.5) is 5.69 Å². The number of halogens is 2. The Balaban J connectivity index is 1.68. The van der Waals surface area contributed by atoms with E-state index in [1.807, 2.05) is 0 Å². The van der Waals surface area contributed by atoms with Crippen LogP contribution in [0.2, 0.25) is 10.0 Å². The van der Waals surface area contributed by atoms with E-state index in [2.05, 4.69) is 10.3 Å². The number of nitrogens with one attached hydrogen (secondary N) is 1. The smallest absolute Gasteiger partial charge is 0.257 e. The highest BCUT2D eigenvalue weighted by molar-refractivity contribution is 7.99. The zero-order chi connectivity index (χ0) is 18.0. The molecule has 1 amide bonds. The minimum absolute atomic E-state index is 0.0282. The van der Waals surface area contributed by atoms with E-state index < -0.39 is 11.9 Å². The monoisotopic (exact) mass is 395 g/mol. The van der Waals surface area contributed by atoms with Gasteiger partial charge in [-0.05, 0) is 36.4 Å². The minimum atomic E-state index is -1.41. The summed E-state index contributed by atoms with van der Waals surface area (Å²) in [5.74, 6) is -1.87. The molecule has 1 N–H and O–H groups in total. The topological polar surface area (TPSA) is 95.3 Å². The number of anilines is 1. The summed E-state index contributed by atoms with van der Waals surface area (Å²) in [6.07, 6.45) is 0. The van der Waals surface area contributed by atoms with Crippen molar-refractivity contribution in [2.75, 3.05) is 11.1 Å². The Morgan fingerprint density at radius 2 is 1.88 bits per heavy atom. The van der Waals surface area contributed by atoms with Crippen LogP contribution in [0.3, 0.4) is 0 Å². The second-order valence-corrected chi connectivity index (χ2v) is 6.71. The number of nitrogens with zero attached hydrogens (tertiary/aromatic N) is 1. The van der Waals surface area contributed by atoms with Crippen LogP contribution in [0, 0.1) is 0 Å². The third kappa shape index (κ3) is 4.25. The van der Waals surface area contributed by atoms with E-state index in [4.69, 9.17) is 27.6 Å². The van der Waals surface area contributed by atoms with Gasteiger partial charge in [0.25, 0.3) is 5.22 Å². The number of carboxylic acid groups (broad SMARTS) is 1. The summed E-state index contributed by atoms with van der Waals surface area (Å²) in [5, 5.41) is 14.7. The molecule has 0 spiro atoms. The van der Waals surface area contributed by atoms with E-state index in [9.17, 15) is 14.7 Å². The van der Waals surface area contributed by atoms with Crippen LogP contribution in [-0.2, 0) is 4.79 Å². The number of carbonyl (C=O) groups excluding carboxylic acids is 2. The first-order valence-corrected chi connectivity index (χ1v) is 8.66. The van der Waals surface area contributed by atoms with Gasteiger partial charge in [0.1, 0.15) is 5.52 Å². The molecule has 1 heterocycles. The van der Waals surface area contributed by atoms with Crippen LogP contribution in [-0.4, -0.2) is 22.6 Å². The Bertz CT molecular complexity index is 974. The van der Waals surface area contributed by atoms with Crippen molar-refractivity contribution in [3.8, 4) is 0 Å². The van der Waals surface area contributed by atoms with Gasteiger partial charge in [-0.3, -0.25) is 4.79 Å². The molecule has 0 bridgehead atoms. The highest BCUT2D eigenvalue weighted by Gasteiger charge is 2.12. The molecule has 128 valence electrons. The first-order chi connectivity index (χ1) is 11.9. The van der Waals surface area contributed by atoms with Crippen LogP contribution < -0.4 is 10.4 Å². The maximum atomic E-state index is 12.1. The SMILES string of the molecule is O=C(CSc1nc2cc(Cl)ccc2o1)Nc1cc(Cl)ccc1C(=O)[O-]. The largest absolute Gasteiger partial charge is 0.545 e. The van der Waals surface area contributed by atoms with Crippen molar-refractivity contribution in [2.45, 2.75) is 5.22 Å². The number of hydrogen-bond donors (Lipinski definition) is 1. The molecule has 6 nitrogen and oxygen atoms in total. The zero-order valence-electron chi connectivity index (χ0n) is 12.4. The number of hydrogen-bond acceptors (Lipinski definition) is 6. The van der Waals surface area contributed by atoms with Gasteiger partial charge in [-0.1, -0.05) is 35.0 Å². The van der Waals surface area contributed by atoms with Gasteiger partial charge in [-0.15, -0.1) is 0 Å². The summed E-state index contributed by atoms with van der Waals surface area (Å²) in [6, 6.07) is 9.04. The van der Waals surface area contributed by atoms with Crippen molar-refractivity contribution in [2.24, 2.45) is 0 Å². The molecule has 2 aromatic carbocycles. The predicted molar refractivity (Wildman–Crippen MR) is 94.2 cm³/mol. The zero-order valence-corrected chi connectivity index (χ0v) is 14.7. The lowest BCUT2D eigenvalue weighted by Gasteiger charge is -2.11. The van der Waals surface area contributed by atoms with E-state index in [0.717, 1.165) is 11.8 Å². The second-order valence-electron chi connectivity index (χ2n) is 4.91. The van der Waals surface area contributed by atoms with Crippen LogP contribution in [0.15, 0.2) is 46.0 Å². The summed E-state index contributed by atoms with van der Waals surface area (Å²) in [7, 11) is 0. The van der Waals surface area contributed by atoms with Crippen LogP contribution in [0.1, 0.15) is 10.4 Å². The van der Waals surface area contributed by atoms with E-state index in [1.54, 1.807) is 18.2 Å². The summed E-state index contributed by atoms with van der Waals surface area (Å²) >= 11 is 12.8. The minimum Gasteiger partial charge on any atom is -0.545 e. The van der Waals surface area contributed by atoms with Crippen LogP contribution in [0.25, 0.3) is 11.1 Å². The first kappa shape index (κ1) is 17.6. The summed E-state index contributed by atoms with van der Waals surface area (Å²) in [5.41, 5.74) is 1.06. The van der Waals surface area contributed by atoms with Crippen molar-refractivity contribution in [3.63, 3.8) is 0 Å². The fourth-order valence-corrected chi connectivity index (χ4v) is 3.03. The summed E-state index contributed by atoms with van der Waals surface area (Å²) < 4.78 is 5.49. The fraction of sp³-hybridized carbons (Fsp3) is 0.0625. The molecule has 9 heteroatoms. The van der Waals surface area contributed by atoms with Gasteiger partial charge in [-0.2, -0.15) is 0 Å². The Morgan fingerprint density at radius 1 is 1.16 bits per heavy atom. The molecular formula is C16H9Cl2N2O4S-. The van der Waals surface area contributed by atoms with Gasteiger partial charge >= 0.3 is 0 Å². The lowest BCUT2D eigenvalue weighted by atomic mass is 10.2.